The number of ether oxygens (including phenoxy) is 1. The van der Waals surface area contributed by atoms with E-state index in [9.17, 15) is 30.7 Å². The first kappa shape index (κ1) is 32.3. The minimum absolute atomic E-state index is 0.0497. The molecule has 2 aromatic carbocycles. The highest BCUT2D eigenvalue weighted by molar-refractivity contribution is 5.66. The summed E-state index contributed by atoms with van der Waals surface area (Å²) in [5.74, 6) is -9.98. The smallest absolute Gasteiger partial charge is 0.429 e. The van der Waals surface area contributed by atoms with Crippen molar-refractivity contribution in [2.24, 2.45) is 5.92 Å². The van der Waals surface area contributed by atoms with Gasteiger partial charge in [-0.1, -0.05) is 39.2 Å². The zero-order chi connectivity index (χ0) is 30.3. The SMILES string of the molecule is C=C(F)/C=C(\C=C(\F)CF)OC(F)(F)c1c(F)cc(-c2c(F)cc(C3CCC(CCCCC)CC3)cc2F)cc1F. The van der Waals surface area contributed by atoms with Crippen molar-refractivity contribution in [2.45, 2.75) is 70.3 Å². The molecule has 224 valence electrons. The summed E-state index contributed by atoms with van der Waals surface area (Å²) in [4.78, 5) is 0. The highest BCUT2D eigenvalue weighted by Crippen LogP contribution is 2.42. The molecule has 0 amide bonds. The second-order valence-corrected chi connectivity index (χ2v) is 10.2. The summed E-state index contributed by atoms with van der Waals surface area (Å²) in [6.07, 6.45) is 3.25. The van der Waals surface area contributed by atoms with Gasteiger partial charge in [-0.25, -0.2) is 30.7 Å². The first-order valence-electron chi connectivity index (χ1n) is 13.4. The molecule has 0 radical (unpaired) electrons. The molecule has 1 fully saturated rings. The Hall–Kier alpha value is -3.17. The minimum Gasteiger partial charge on any atom is -0.429 e. The zero-order valence-corrected chi connectivity index (χ0v) is 22.5. The van der Waals surface area contributed by atoms with Gasteiger partial charge in [0.25, 0.3) is 0 Å². The van der Waals surface area contributed by atoms with Gasteiger partial charge in [0.15, 0.2) is 0 Å². The number of halogens is 9. The fourth-order valence-electron chi connectivity index (χ4n) is 5.21. The van der Waals surface area contributed by atoms with Crippen LogP contribution in [0.4, 0.5) is 39.5 Å². The number of alkyl halides is 3. The van der Waals surface area contributed by atoms with E-state index in [1.165, 1.54) is 0 Å². The van der Waals surface area contributed by atoms with Crippen LogP contribution in [-0.4, -0.2) is 6.67 Å². The third kappa shape index (κ3) is 8.42. The number of allylic oxidation sites excluding steroid dienone is 4. The van der Waals surface area contributed by atoms with Gasteiger partial charge in [0.2, 0.25) is 0 Å². The maximum absolute atomic E-state index is 15.1. The van der Waals surface area contributed by atoms with Gasteiger partial charge in [-0.2, -0.15) is 8.78 Å². The number of rotatable bonds is 12. The second kappa shape index (κ2) is 14.1. The molecule has 1 nitrogen and oxygen atoms in total. The summed E-state index contributed by atoms with van der Waals surface area (Å²) in [6.45, 7) is 3.13. The van der Waals surface area contributed by atoms with Crippen LogP contribution in [0.5, 0.6) is 0 Å². The molecule has 0 atom stereocenters. The Labute approximate surface area is 233 Å². The number of hydrogen-bond donors (Lipinski definition) is 0. The Morgan fingerprint density at radius 3 is 2.00 bits per heavy atom. The molecular formula is C31H31F9O. The van der Waals surface area contributed by atoms with Crippen molar-refractivity contribution in [1.82, 2.24) is 0 Å². The molecule has 10 heteroatoms. The van der Waals surface area contributed by atoms with E-state index in [0.717, 1.165) is 63.5 Å². The molecule has 0 heterocycles. The lowest BCUT2D eigenvalue weighted by molar-refractivity contribution is -0.224. The van der Waals surface area contributed by atoms with Crippen molar-refractivity contribution >= 4 is 0 Å². The molecular weight excluding hydrogens is 559 g/mol. The van der Waals surface area contributed by atoms with Crippen LogP contribution in [0.3, 0.4) is 0 Å². The summed E-state index contributed by atoms with van der Waals surface area (Å²) in [6, 6.07) is 2.78. The van der Waals surface area contributed by atoms with E-state index >= 15 is 8.78 Å². The maximum atomic E-state index is 15.1. The Kier molecular flexibility index (Phi) is 11.2. The van der Waals surface area contributed by atoms with Gasteiger partial charge in [-0.05, 0) is 72.9 Å². The van der Waals surface area contributed by atoms with E-state index in [-0.39, 0.29) is 18.1 Å². The second-order valence-electron chi connectivity index (χ2n) is 10.2. The Morgan fingerprint density at radius 2 is 1.49 bits per heavy atom. The summed E-state index contributed by atoms with van der Waals surface area (Å²) in [5, 5.41) is 0. The summed E-state index contributed by atoms with van der Waals surface area (Å²) < 4.78 is 132. The standard InChI is InChI=1S/C31H31F9O/c1-3-4-5-6-19-7-9-20(10-8-19)21-12-25(35)29(26(36)13-21)22-14-27(37)30(28(38)15-22)31(39,40)41-24(11-18(2)33)16-23(34)17-32/h11-16,19-20H,2-10,17H2,1H3/b23-16+,24-11+. The molecule has 0 N–H and O–H groups in total. The quantitative estimate of drug-likeness (QED) is 0.103. The largest absolute Gasteiger partial charge is 0.432 e. The van der Waals surface area contributed by atoms with E-state index in [0.29, 0.717) is 23.6 Å². The topological polar surface area (TPSA) is 9.23 Å². The third-order valence-corrected chi connectivity index (χ3v) is 7.19. The summed E-state index contributed by atoms with van der Waals surface area (Å²) in [7, 11) is 0. The molecule has 3 rings (SSSR count). The van der Waals surface area contributed by atoms with Gasteiger partial charge >= 0.3 is 6.11 Å². The maximum Gasteiger partial charge on any atom is 0.432 e. The van der Waals surface area contributed by atoms with Crippen LogP contribution < -0.4 is 0 Å². The van der Waals surface area contributed by atoms with Crippen molar-refractivity contribution in [3.8, 4) is 11.1 Å². The van der Waals surface area contributed by atoms with Crippen molar-refractivity contribution in [2.75, 3.05) is 6.67 Å². The van der Waals surface area contributed by atoms with Gasteiger partial charge < -0.3 is 4.74 Å². The lowest BCUT2D eigenvalue weighted by atomic mass is 9.76. The van der Waals surface area contributed by atoms with Gasteiger partial charge in [-0.3, -0.25) is 0 Å². The molecule has 0 spiro atoms. The van der Waals surface area contributed by atoms with Crippen molar-refractivity contribution in [1.29, 1.82) is 0 Å². The van der Waals surface area contributed by atoms with Crippen LogP contribution in [0.25, 0.3) is 11.1 Å². The van der Waals surface area contributed by atoms with Crippen LogP contribution in [0, 0.1) is 29.2 Å². The van der Waals surface area contributed by atoms with Crippen molar-refractivity contribution < 1.29 is 44.3 Å². The molecule has 1 saturated carbocycles. The molecule has 1 aliphatic carbocycles. The number of hydrogen-bond acceptors (Lipinski definition) is 1. The third-order valence-electron chi connectivity index (χ3n) is 7.19. The van der Waals surface area contributed by atoms with Gasteiger partial charge in [0.05, 0.1) is 5.56 Å². The molecule has 41 heavy (non-hydrogen) atoms. The molecule has 0 bridgehead atoms. The highest BCUT2D eigenvalue weighted by atomic mass is 19.3. The normalized spacial score (nSPS) is 18.5. The first-order chi connectivity index (χ1) is 19.4. The van der Waals surface area contributed by atoms with E-state index in [2.05, 4.69) is 18.2 Å². The Balaban J connectivity index is 1.86. The molecule has 0 aromatic heterocycles. The lowest BCUT2D eigenvalue weighted by Gasteiger charge is -2.29. The first-order valence-corrected chi connectivity index (χ1v) is 13.4. The number of benzene rings is 2. The van der Waals surface area contributed by atoms with E-state index in [4.69, 9.17) is 0 Å². The monoisotopic (exact) mass is 590 g/mol. The van der Waals surface area contributed by atoms with E-state index in [1.54, 1.807) is 0 Å². The molecule has 2 aromatic rings. The van der Waals surface area contributed by atoms with Gasteiger partial charge in [0.1, 0.15) is 52.9 Å². The molecule has 0 aliphatic heterocycles. The number of unbranched alkanes of at least 4 members (excludes halogenated alkanes) is 2. The zero-order valence-electron chi connectivity index (χ0n) is 22.5. The van der Waals surface area contributed by atoms with Crippen molar-refractivity contribution in [3.05, 3.63) is 94.8 Å². The van der Waals surface area contributed by atoms with Crippen molar-refractivity contribution in [3.63, 3.8) is 0 Å². The summed E-state index contributed by atoms with van der Waals surface area (Å²) >= 11 is 0. The van der Waals surface area contributed by atoms with Gasteiger partial charge in [0, 0.05) is 12.2 Å². The molecule has 1 aliphatic rings. The highest BCUT2D eigenvalue weighted by Gasteiger charge is 2.42. The average molecular weight is 591 g/mol. The minimum atomic E-state index is -4.86. The van der Waals surface area contributed by atoms with Crippen LogP contribution in [0.1, 0.15) is 75.3 Å². The van der Waals surface area contributed by atoms with E-state index < -0.39 is 70.2 Å². The van der Waals surface area contributed by atoms with Gasteiger partial charge in [-0.15, -0.1) is 0 Å². The predicted molar refractivity (Wildman–Crippen MR) is 139 cm³/mol. The lowest BCUT2D eigenvalue weighted by Crippen LogP contribution is -2.21. The average Bonchev–Trinajstić information content (AvgIpc) is 2.87. The Morgan fingerprint density at radius 1 is 0.902 bits per heavy atom. The summed E-state index contributed by atoms with van der Waals surface area (Å²) in [5.41, 5.74) is -3.07. The molecule has 0 saturated heterocycles. The Bertz CT molecular complexity index is 1240. The van der Waals surface area contributed by atoms with E-state index in [1.807, 2.05) is 0 Å². The van der Waals surface area contributed by atoms with Crippen LogP contribution in [0.15, 0.2) is 60.4 Å². The molecule has 0 unspecified atom stereocenters. The fraction of sp³-hybridized carbons (Fsp3) is 0.419. The predicted octanol–water partition coefficient (Wildman–Crippen LogP) is 11.0. The van der Waals surface area contributed by atoms with Crippen LogP contribution in [0.2, 0.25) is 0 Å². The van der Waals surface area contributed by atoms with Crippen LogP contribution in [-0.2, 0) is 10.8 Å². The van der Waals surface area contributed by atoms with Crippen LogP contribution >= 0.6 is 0 Å². The fourth-order valence-corrected chi connectivity index (χ4v) is 5.21.